The fraction of sp³-hybridized carbons (Fsp3) is 0.700. The highest BCUT2D eigenvalue weighted by Crippen LogP contribution is 2.11. The average Bonchev–Trinajstić information content (AvgIpc) is 2.19. The van der Waals surface area contributed by atoms with Gasteiger partial charge in [-0.25, -0.2) is 4.79 Å². The molecule has 1 rings (SSSR count). The first-order valence-corrected chi connectivity index (χ1v) is 5.13. The zero-order valence-corrected chi connectivity index (χ0v) is 9.28. The van der Waals surface area contributed by atoms with Crippen molar-refractivity contribution in [1.29, 1.82) is 0 Å². The van der Waals surface area contributed by atoms with Crippen LogP contribution in [0.1, 0.15) is 13.8 Å². The van der Waals surface area contributed by atoms with Crippen molar-refractivity contribution >= 4 is 5.97 Å². The molecule has 0 aliphatic carbocycles. The number of ether oxygens (including phenoxy) is 2. The number of hydrogen-bond acceptors (Lipinski definition) is 5. The van der Waals surface area contributed by atoms with E-state index in [1.54, 1.807) is 13.8 Å². The molecule has 1 heterocycles. The molecule has 0 radical (unpaired) electrons. The van der Waals surface area contributed by atoms with Gasteiger partial charge in [0, 0.05) is 18.8 Å². The summed E-state index contributed by atoms with van der Waals surface area (Å²) < 4.78 is 10.2. The summed E-state index contributed by atoms with van der Waals surface area (Å²) in [5.74, 6) is -0.348. The molecule has 0 aromatic heterocycles. The van der Waals surface area contributed by atoms with Crippen LogP contribution < -0.4 is 5.73 Å². The molecule has 1 fully saturated rings. The minimum atomic E-state index is -0.348. The molecule has 0 amide bonds. The Morgan fingerprint density at radius 3 is 2.53 bits per heavy atom. The Hall–Kier alpha value is -1.23. The molecule has 0 unspecified atom stereocenters. The van der Waals surface area contributed by atoms with E-state index in [0.29, 0.717) is 44.3 Å². The van der Waals surface area contributed by atoms with E-state index >= 15 is 0 Å². The predicted octanol–water partition coefficient (Wildman–Crippen LogP) is 0.0719. The van der Waals surface area contributed by atoms with Crippen LogP contribution in [-0.2, 0) is 14.3 Å². The van der Waals surface area contributed by atoms with Crippen LogP contribution in [0.2, 0.25) is 0 Å². The molecule has 1 aliphatic heterocycles. The maximum absolute atomic E-state index is 11.6. The van der Waals surface area contributed by atoms with Gasteiger partial charge in [0.1, 0.15) is 5.70 Å². The van der Waals surface area contributed by atoms with E-state index in [1.807, 2.05) is 4.90 Å². The molecule has 86 valence electrons. The fourth-order valence-corrected chi connectivity index (χ4v) is 1.53. The van der Waals surface area contributed by atoms with Gasteiger partial charge in [0.15, 0.2) is 0 Å². The van der Waals surface area contributed by atoms with Gasteiger partial charge in [-0.15, -0.1) is 0 Å². The molecule has 2 N–H and O–H groups in total. The SMILES string of the molecule is CCOC(=O)/C(=C(/C)N)N1CCOCC1. The molecule has 1 aliphatic rings. The number of hydrogen-bond donors (Lipinski definition) is 1. The molecule has 5 heteroatoms. The number of morpholine rings is 1. The third-order valence-electron chi connectivity index (χ3n) is 2.17. The lowest BCUT2D eigenvalue weighted by atomic mass is 10.3. The second kappa shape index (κ2) is 5.60. The summed E-state index contributed by atoms with van der Waals surface area (Å²) in [5.41, 5.74) is 6.66. The van der Waals surface area contributed by atoms with E-state index in [-0.39, 0.29) is 5.97 Å². The molecule has 0 atom stereocenters. The second-order valence-corrected chi connectivity index (χ2v) is 3.35. The lowest BCUT2D eigenvalue weighted by molar-refractivity contribution is -0.141. The molecule has 0 spiro atoms. The predicted molar refractivity (Wildman–Crippen MR) is 55.9 cm³/mol. The van der Waals surface area contributed by atoms with Gasteiger partial charge in [0.2, 0.25) is 0 Å². The van der Waals surface area contributed by atoms with Crippen LogP contribution in [0.25, 0.3) is 0 Å². The van der Waals surface area contributed by atoms with Crippen molar-refractivity contribution in [2.75, 3.05) is 32.9 Å². The van der Waals surface area contributed by atoms with Crippen LogP contribution in [-0.4, -0.2) is 43.8 Å². The molecule has 0 bridgehead atoms. The number of carbonyl (C=O) groups excluding carboxylic acids is 1. The van der Waals surface area contributed by atoms with Gasteiger partial charge in [-0.05, 0) is 13.8 Å². The highest BCUT2D eigenvalue weighted by molar-refractivity contribution is 5.88. The number of allylic oxidation sites excluding steroid dienone is 1. The van der Waals surface area contributed by atoms with Crippen LogP contribution in [0.15, 0.2) is 11.4 Å². The smallest absolute Gasteiger partial charge is 0.356 e. The van der Waals surface area contributed by atoms with E-state index < -0.39 is 0 Å². The van der Waals surface area contributed by atoms with E-state index in [1.165, 1.54) is 0 Å². The minimum absolute atomic E-state index is 0.348. The first-order valence-electron chi connectivity index (χ1n) is 5.13. The lowest BCUT2D eigenvalue weighted by Crippen LogP contribution is -2.39. The molecule has 0 saturated carbocycles. The second-order valence-electron chi connectivity index (χ2n) is 3.35. The number of rotatable bonds is 3. The minimum Gasteiger partial charge on any atom is -0.461 e. The van der Waals surface area contributed by atoms with Crippen molar-refractivity contribution in [3.63, 3.8) is 0 Å². The topological polar surface area (TPSA) is 64.8 Å². The Morgan fingerprint density at radius 2 is 2.07 bits per heavy atom. The van der Waals surface area contributed by atoms with E-state index in [0.717, 1.165) is 0 Å². The van der Waals surface area contributed by atoms with Crippen LogP contribution in [0.3, 0.4) is 0 Å². The normalized spacial score (nSPS) is 18.4. The van der Waals surface area contributed by atoms with Crippen LogP contribution >= 0.6 is 0 Å². The van der Waals surface area contributed by atoms with Crippen molar-refractivity contribution in [1.82, 2.24) is 4.90 Å². The first-order chi connectivity index (χ1) is 7.16. The fourth-order valence-electron chi connectivity index (χ4n) is 1.53. The molecule has 5 nitrogen and oxygen atoms in total. The quantitative estimate of drug-likeness (QED) is 0.532. The van der Waals surface area contributed by atoms with Crippen LogP contribution in [0.5, 0.6) is 0 Å². The lowest BCUT2D eigenvalue weighted by Gasteiger charge is -2.30. The highest BCUT2D eigenvalue weighted by atomic mass is 16.5. The van der Waals surface area contributed by atoms with Crippen LogP contribution in [0.4, 0.5) is 0 Å². The maximum atomic E-state index is 11.6. The zero-order chi connectivity index (χ0) is 11.3. The van der Waals surface area contributed by atoms with Gasteiger partial charge in [-0.3, -0.25) is 0 Å². The van der Waals surface area contributed by atoms with Crippen LogP contribution in [0, 0.1) is 0 Å². The van der Waals surface area contributed by atoms with Crippen molar-refractivity contribution in [2.24, 2.45) is 5.73 Å². The van der Waals surface area contributed by atoms with Gasteiger partial charge in [0.25, 0.3) is 0 Å². The third kappa shape index (κ3) is 3.13. The van der Waals surface area contributed by atoms with Crippen molar-refractivity contribution in [2.45, 2.75) is 13.8 Å². The molecule has 0 aromatic carbocycles. The van der Waals surface area contributed by atoms with Gasteiger partial charge in [0.05, 0.1) is 19.8 Å². The Morgan fingerprint density at radius 1 is 1.47 bits per heavy atom. The molecule has 15 heavy (non-hydrogen) atoms. The van der Waals surface area contributed by atoms with E-state index in [2.05, 4.69) is 0 Å². The number of nitrogens with two attached hydrogens (primary N) is 1. The summed E-state index contributed by atoms with van der Waals surface area (Å²) in [7, 11) is 0. The Kier molecular flexibility index (Phi) is 4.42. The summed E-state index contributed by atoms with van der Waals surface area (Å²) in [4.78, 5) is 13.6. The van der Waals surface area contributed by atoms with Gasteiger partial charge in [-0.1, -0.05) is 0 Å². The van der Waals surface area contributed by atoms with Gasteiger partial charge < -0.3 is 20.1 Å². The molecule has 1 saturated heterocycles. The molecule has 0 aromatic rings. The Bertz CT molecular complexity index is 253. The summed E-state index contributed by atoms with van der Waals surface area (Å²) in [6.07, 6.45) is 0. The van der Waals surface area contributed by atoms with Gasteiger partial charge in [-0.2, -0.15) is 0 Å². The average molecular weight is 214 g/mol. The van der Waals surface area contributed by atoms with Gasteiger partial charge >= 0.3 is 5.97 Å². The standard InChI is InChI=1S/C10H18N2O3/c1-3-15-10(13)9(8(2)11)12-4-6-14-7-5-12/h3-7,11H2,1-2H3/b9-8+. The van der Waals surface area contributed by atoms with E-state index in [4.69, 9.17) is 15.2 Å². The Balaban J connectivity index is 2.73. The number of nitrogens with zero attached hydrogens (tertiary/aromatic N) is 1. The van der Waals surface area contributed by atoms with E-state index in [9.17, 15) is 4.79 Å². The molecular weight excluding hydrogens is 196 g/mol. The monoisotopic (exact) mass is 214 g/mol. The third-order valence-corrected chi connectivity index (χ3v) is 2.17. The first kappa shape index (κ1) is 11.8. The number of esters is 1. The summed E-state index contributed by atoms with van der Waals surface area (Å²) in [6, 6.07) is 0. The maximum Gasteiger partial charge on any atom is 0.356 e. The summed E-state index contributed by atoms with van der Waals surface area (Å²) in [5, 5.41) is 0. The van der Waals surface area contributed by atoms with Crippen molar-refractivity contribution in [3.05, 3.63) is 11.4 Å². The van der Waals surface area contributed by atoms with Crippen molar-refractivity contribution in [3.8, 4) is 0 Å². The Labute approximate surface area is 89.8 Å². The highest BCUT2D eigenvalue weighted by Gasteiger charge is 2.22. The molecular formula is C10H18N2O3. The summed E-state index contributed by atoms with van der Waals surface area (Å²) >= 11 is 0. The summed E-state index contributed by atoms with van der Waals surface area (Å²) in [6.45, 7) is 6.46. The zero-order valence-electron chi connectivity index (χ0n) is 9.28. The number of carbonyl (C=O) groups is 1. The van der Waals surface area contributed by atoms with Crippen molar-refractivity contribution < 1.29 is 14.3 Å². The largest absolute Gasteiger partial charge is 0.461 e.